The van der Waals surface area contributed by atoms with Crippen molar-refractivity contribution in [2.24, 2.45) is 5.92 Å². The zero-order chi connectivity index (χ0) is 9.68. The molecule has 1 rings (SSSR count). The summed E-state index contributed by atoms with van der Waals surface area (Å²) in [6.45, 7) is 7.50. The molecule has 1 unspecified atom stereocenters. The van der Waals surface area contributed by atoms with Gasteiger partial charge in [-0.2, -0.15) is 0 Å². The largest absolute Gasteiger partial charge is 0.385 e. The summed E-state index contributed by atoms with van der Waals surface area (Å²) in [5.74, 6) is 0.550. The van der Waals surface area contributed by atoms with Crippen molar-refractivity contribution in [3.63, 3.8) is 0 Å². The summed E-state index contributed by atoms with van der Waals surface area (Å²) in [6.07, 6.45) is 10.0. The zero-order valence-corrected chi connectivity index (χ0v) is 8.80. The first-order valence-electron chi connectivity index (χ1n) is 5.02. The van der Waals surface area contributed by atoms with Crippen molar-refractivity contribution < 1.29 is 0 Å². The molecule has 0 spiro atoms. The summed E-state index contributed by atoms with van der Waals surface area (Å²) in [6, 6.07) is 0. The average Bonchev–Trinajstić information content (AvgIpc) is 2.19. The van der Waals surface area contributed by atoms with Gasteiger partial charge in [-0.1, -0.05) is 38.2 Å². The number of rotatable bonds is 1. The van der Waals surface area contributed by atoms with Crippen LogP contribution in [-0.2, 0) is 0 Å². The second kappa shape index (κ2) is 4.90. The SMILES string of the molecule is CC/C1=C(\C)NC/C=C\C(C)C=C1. The van der Waals surface area contributed by atoms with E-state index in [2.05, 4.69) is 50.4 Å². The minimum atomic E-state index is 0.550. The molecule has 0 aromatic rings. The van der Waals surface area contributed by atoms with Gasteiger partial charge in [-0.15, -0.1) is 0 Å². The Kier molecular flexibility index (Phi) is 3.81. The third kappa shape index (κ3) is 3.10. The van der Waals surface area contributed by atoms with Crippen molar-refractivity contribution in [1.82, 2.24) is 5.32 Å². The van der Waals surface area contributed by atoms with Crippen LogP contribution in [0.2, 0.25) is 0 Å². The van der Waals surface area contributed by atoms with Crippen LogP contribution < -0.4 is 5.32 Å². The van der Waals surface area contributed by atoms with Crippen LogP contribution in [0.4, 0.5) is 0 Å². The standard InChI is InChI=1S/C12H19N/c1-4-12-8-7-10(2)6-5-9-13-11(12)3/h5-8,10,13H,4,9H2,1-3H3/b6-5-,8-7?,12-11-. The lowest BCUT2D eigenvalue weighted by molar-refractivity contribution is 0.871. The molecule has 1 aliphatic heterocycles. The molecule has 0 radical (unpaired) electrons. The van der Waals surface area contributed by atoms with Gasteiger partial charge in [-0.25, -0.2) is 0 Å². The molecule has 72 valence electrons. The van der Waals surface area contributed by atoms with E-state index in [9.17, 15) is 0 Å². The van der Waals surface area contributed by atoms with Gasteiger partial charge in [0.05, 0.1) is 0 Å². The van der Waals surface area contributed by atoms with E-state index in [1.54, 1.807) is 0 Å². The van der Waals surface area contributed by atoms with Gasteiger partial charge in [0.2, 0.25) is 0 Å². The highest BCUT2D eigenvalue weighted by molar-refractivity contribution is 5.25. The van der Waals surface area contributed by atoms with Gasteiger partial charge in [0.15, 0.2) is 0 Å². The topological polar surface area (TPSA) is 12.0 Å². The zero-order valence-electron chi connectivity index (χ0n) is 8.80. The third-order valence-electron chi connectivity index (χ3n) is 2.39. The molecule has 1 N–H and O–H groups in total. The van der Waals surface area contributed by atoms with Crippen molar-refractivity contribution in [3.05, 3.63) is 35.6 Å². The molecule has 0 saturated heterocycles. The Labute approximate surface area is 81.2 Å². The van der Waals surface area contributed by atoms with Crippen LogP contribution in [-0.4, -0.2) is 6.54 Å². The smallest absolute Gasteiger partial charge is 0.0328 e. The summed E-state index contributed by atoms with van der Waals surface area (Å²) in [7, 11) is 0. The second-order valence-electron chi connectivity index (χ2n) is 3.53. The Bertz CT molecular complexity index is 246. The van der Waals surface area contributed by atoms with Gasteiger partial charge in [-0.3, -0.25) is 0 Å². The van der Waals surface area contributed by atoms with Crippen molar-refractivity contribution in [2.75, 3.05) is 6.54 Å². The molecule has 0 fully saturated rings. The van der Waals surface area contributed by atoms with Gasteiger partial charge in [0.1, 0.15) is 0 Å². The summed E-state index contributed by atoms with van der Waals surface area (Å²) >= 11 is 0. The molecular formula is C12H19N. The molecule has 0 aromatic heterocycles. The van der Waals surface area contributed by atoms with E-state index >= 15 is 0 Å². The van der Waals surface area contributed by atoms with E-state index in [0.29, 0.717) is 5.92 Å². The van der Waals surface area contributed by atoms with Crippen LogP contribution in [0.25, 0.3) is 0 Å². The van der Waals surface area contributed by atoms with E-state index in [1.807, 2.05) is 0 Å². The lowest BCUT2D eigenvalue weighted by Crippen LogP contribution is -2.12. The van der Waals surface area contributed by atoms with Crippen LogP contribution >= 0.6 is 0 Å². The summed E-state index contributed by atoms with van der Waals surface area (Å²) in [5, 5.41) is 3.39. The molecule has 0 saturated carbocycles. The first kappa shape index (κ1) is 10.1. The first-order valence-corrected chi connectivity index (χ1v) is 5.02. The molecule has 13 heavy (non-hydrogen) atoms. The molecule has 0 amide bonds. The molecule has 1 nitrogen and oxygen atoms in total. The van der Waals surface area contributed by atoms with Crippen LogP contribution in [0.15, 0.2) is 35.6 Å². The number of hydrogen-bond acceptors (Lipinski definition) is 1. The highest BCUT2D eigenvalue weighted by Gasteiger charge is 1.98. The maximum atomic E-state index is 3.39. The van der Waals surface area contributed by atoms with Crippen LogP contribution in [0.5, 0.6) is 0 Å². The minimum absolute atomic E-state index is 0.550. The van der Waals surface area contributed by atoms with Gasteiger partial charge in [0, 0.05) is 12.2 Å². The van der Waals surface area contributed by atoms with Crippen LogP contribution in [0.3, 0.4) is 0 Å². The Morgan fingerprint density at radius 1 is 1.46 bits per heavy atom. The Morgan fingerprint density at radius 2 is 2.23 bits per heavy atom. The van der Waals surface area contributed by atoms with Crippen molar-refractivity contribution in [1.29, 1.82) is 0 Å². The quantitative estimate of drug-likeness (QED) is 0.607. The maximum absolute atomic E-state index is 3.39. The molecular weight excluding hydrogens is 158 g/mol. The Morgan fingerprint density at radius 3 is 2.92 bits per heavy atom. The number of nitrogens with one attached hydrogen (secondary N) is 1. The highest BCUT2D eigenvalue weighted by Crippen LogP contribution is 2.11. The lowest BCUT2D eigenvalue weighted by Gasteiger charge is -2.07. The first-order chi connectivity index (χ1) is 6.24. The van der Waals surface area contributed by atoms with E-state index in [1.165, 1.54) is 11.3 Å². The van der Waals surface area contributed by atoms with Crippen molar-refractivity contribution in [3.8, 4) is 0 Å². The molecule has 0 aliphatic carbocycles. The maximum Gasteiger partial charge on any atom is 0.0328 e. The predicted octanol–water partition coefficient (Wildman–Crippen LogP) is 3.02. The summed E-state index contributed by atoms with van der Waals surface area (Å²) in [4.78, 5) is 0. The van der Waals surface area contributed by atoms with Gasteiger partial charge in [0.25, 0.3) is 0 Å². The normalized spacial score (nSPS) is 31.5. The number of hydrogen-bond donors (Lipinski definition) is 1. The van der Waals surface area contributed by atoms with Gasteiger partial charge in [-0.05, 0) is 24.8 Å². The van der Waals surface area contributed by atoms with E-state index in [0.717, 1.165) is 13.0 Å². The third-order valence-corrected chi connectivity index (χ3v) is 2.39. The van der Waals surface area contributed by atoms with Crippen LogP contribution in [0, 0.1) is 5.92 Å². The monoisotopic (exact) mass is 177 g/mol. The second-order valence-corrected chi connectivity index (χ2v) is 3.53. The molecule has 0 bridgehead atoms. The van der Waals surface area contributed by atoms with E-state index in [-0.39, 0.29) is 0 Å². The minimum Gasteiger partial charge on any atom is -0.385 e. The van der Waals surface area contributed by atoms with Crippen LogP contribution in [0.1, 0.15) is 27.2 Å². The fourth-order valence-corrected chi connectivity index (χ4v) is 1.45. The summed E-state index contributed by atoms with van der Waals surface area (Å²) < 4.78 is 0. The van der Waals surface area contributed by atoms with Gasteiger partial charge >= 0.3 is 0 Å². The van der Waals surface area contributed by atoms with Crippen molar-refractivity contribution in [2.45, 2.75) is 27.2 Å². The van der Waals surface area contributed by atoms with Crippen molar-refractivity contribution >= 4 is 0 Å². The fraction of sp³-hybridized carbons (Fsp3) is 0.500. The van der Waals surface area contributed by atoms with E-state index < -0.39 is 0 Å². The average molecular weight is 177 g/mol. The molecule has 1 heterocycles. The van der Waals surface area contributed by atoms with E-state index in [4.69, 9.17) is 0 Å². The molecule has 1 heteroatoms. The fourth-order valence-electron chi connectivity index (χ4n) is 1.45. The van der Waals surface area contributed by atoms with Gasteiger partial charge < -0.3 is 5.32 Å². The molecule has 1 aliphatic rings. The Balaban J connectivity index is 2.84. The Hall–Kier alpha value is -0.980. The highest BCUT2D eigenvalue weighted by atomic mass is 14.9. The molecule has 1 atom stereocenters. The predicted molar refractivity (Wildman–Crippen MR) is 58.4 cm³/mol. The summed E-state index contributed by atoms with van der Waals surface area (Å²) in [5.41, 5.74) is 2.72. The number of allylic oxidation sites excluding steroid dienone is 5. The lowest BCUT2D eigenvalue weighted by atomic mass is 10.1. The molecule has 0 aromatic carbocycles.